The van der Waals surface area contributed by atoms with Gasteiger partial charge >= 0.3 is 0 Å². The van der Waals surface area contributed by atoms with Crippen LogP contribution >= 0.6 is 0 Å². The summed E-state index contributed by atoms with van der Waals surface area (Å²) in [6.45, 7) is 12.8. The molecule has 0 aromatic carbocycles. The average molecular weight is 445 g/mol. The fourth-order valence-corrected chi connectivity index (χ4v) is 4.48. The van der Waals surface area contributed by atoms with Crippen molar-refractivity contribution in [3.8, 4) is 0 Å². The minimum Gasteiger partial charge on any atom is -0.382 e. The van der Waals surface area contributed by atoms with Crippen molar-refractivity contribution in [2.75, 3.05) is 13.1 Å². The second-order valence-corrected chi connectivity index (χ2v) is 9.71. The van der Waals surface area contributed by atoms with Gasteiger partial charge in [0.25, 0.3) is 0 Å². The number of carbonyl (C=O) groups is 2. The molecule has 179 valence electrons. The van der Waals surface area contributed by atoms with Gasteiger partial charge in [-0.15, -0.1) is 0 Å². The molecule has 0 aliphatic heterocycles. The number of carbonyl (C=O) groups excluding carboxylic acids is 2. The van der Waals surface area contributed by atoms with Crippen LogP contribution in [0, 0.1) is 5.92 Å². The van der Waals surface area contributed by atoms with Crippen LogP contribution < -0.4 is 0 Å². The van der Waals surface area contributed by atoms with E-state index < -0.39 is 22.8 Å². The molecule has 0 rings (SSSR count). The Balaban J connectivity index is 5.70. The number of aliphatic hydroxyl groups is 2. The van der Waals surface area contributed by atoms with E-state index >= 15 is 0 Å². The van der Waals surface area contributed by atoms with Gasteiger partial charge in [0.1, 0.15) is 11.3 Å². The Morgan fingerprint density at radius 3 is 1.94 bits per heavy atom. The molecular weight excluding hydrogens is 401 g/mol. The molecule has 0 aliphatic carbocycles. The molecule has 0 aliphatic rings. The average Bonchev–Trinajstić information content (AvgIpc) is 2.70. The Bertz CT molecular complexity index is 590. The molecule has 9 heteroatoms. The van der Waals surface area contributed by atoms with Crippen molar-refractivity contribution in [3.63, 3.8) is 0 Å². The number of nitrogens with zero attached hydrogens (tertiary/aromatic N) is 2. The minimum atomic E-state index is -1.45. The summed E-state index contributed by atoms with van der Waals surface area (Å²) in [5.74, 6) is -0.913. The first-order valence-electron chi connectivity index (χ1n) is 12.1. The topological polar surface area (TPSA) is 81.1 Å². The van der Waals surface area contributed by atoms with Gasteiger partial charge in [-0.3, -0.25) is 9.59 Å². The highest BCUT2D eigenvalue weighted by Crippen LogP contribution is 2.33. The maximum Gasteiger partial charge on any atom is 0.183 e. The lowest BCUT2D eigenvalue weighted by molar-refractivity contribution is -0.140. The Labute approximate surface area is 200 Å². The Kier molecular flexibility index (Phi) is 13.7. The third kappa shape index (κ3) is 8.62. The Morgan fingerprint density at radius 2 is 1.50 bits per heavy atom. The Hall–Kier alpha value is -0.625. The lowest BCUT2D eigenvalue weighted by atomic mass is 9.63. The smallest absolute Gasteiger partial charge is 0.183 e. The first-order valence-corrected chi connectivity index (χ1v) is 12.1. The normalized spacial score (nSPS) is 18.6. The molecule has 0 saturated carbocycles. The highest BCUT2D eigenvalue weighted by atomic mass is 16.3. The molecule has 0 aromatic heterocycles. The van der Waals surface area contributed by atoms with Gasteiger partial charge in [0, 0.05) is 32.3 Å². The molecule has 0 fully saturated rings. The number of rotatable bonds is 18. The predicted molar refractivity (Wildman–Crippen MR) is 133 cm³/mol. The zero-order valence-electron chi connectivity index (χ0n) is 21.5. The van der Waals surface area contributed by atoms with Crippen molar-refractivity contribution >= 4 is 34.6 Å². The molecule has 0 heterocycles. The van der Waals surface area contributed by atoms with Gasteiger partial charge in [0.2, 0.25) is 0 Å². The van der Waals surface area contributed by atoms with E-state index in [0.29, 0.717) is 25.7 Å². The fourth-order valence-electron chi connectivity index (χ4n) is 4.48. The van der Waals surface area contributed by atoms with Gasteiger partial charge in [0.15, 0.2) is 26.9 Å². The van der Waals surface area contributed by atoms with Gasteiger partial charge in [0.05, 0.1) is 0 Å². The molecule has 5 radical (unpaired) electrons. The van der Waals surface area contributed by atoms with Gasteiger partial charge < -0.3 is 19.8 Å². The van der Waals surface area contributed by atoms with Crippen LogP contribution in [0.3, 0.4) is 0 Å². The van der Waals surface area contributed by atoms with E-state index in [1.807, 2.05) is 34.6 Å². The third-order valence-corrected chi connectivity index (χ3v) is 6.74. The molecule has 0 saturated heterocycles. The number of unbranched alkanes of at least 4 members (excludes halogenated alkanes) is 1. The molecule has 2 N–H and O–H groups in total. The first kappa shape index (κ1) is 31.4. The van der Waals surface area contributed by atoms with Crippen molar-refractivity contribution < 1.29 is 19.8 Å². The standard InChI is InChI=1S/C23H44B3N2O4/c1-8-12-15-22(6,31)20(30)17-27(25)21(5,13-9-2)18(11-4)19(29)16-28(26-24)23(7,32)14-10-3/h18,31-32H,8-17H2,1-7H3. The van der Waals surface area contributed by atoms with Crippen molar-refractivity contribution in [3.05, 3.63) is 0 Å². The largest absolute Gasteiger partial charge is 0.382 e. The summed E-state index contributed by atoms with van der Waals surface area (Å²) in [6.07, 6.45) is 5.13. The van der Waals surface area contributed by atoms with E-state index in [4.69, 9.17) is 15.7 Å². The minimum absolute atomic E-state index is 0.0443. The van der Waals surface area contributed by atoms with Crippen LogP contribution in [-0.2, 0) is 9.59 Å². The number of hydrogen-bond donors (Lipinski definition) is 2. The summed E-state index contributed by atoms with van der Waals surface area (Å²) in [6, 6.07) is 0. The van der Waals surface area contributed by atoms with Crippen LogP contribution in [0.25, 0.3) is 0 Å². The lowest BCUT2D eigenvalue weighted by Gasteiger charge is -2.46. The van der Waals surface area contributed by atoms with Crippen molar-refractivity contribution in [1.29, 1.82) is 0 Å². The summed E-state index contributed by atoms with van der Waals surface area (Å²) in [5.41, 5.74) is -3.46. The Morgan fingerprint density at radius 1 is 0.938 bits per heavy atom. The van der Waals surface area contributed by atoms with E-state index in [1.165, 1.54) is 23.9 Å². The van der Waals surface area contributed by atoms with Crippen molar-refractivity contribution in [2.24, 2.45) is 5.92 Å². The second kappa shape index (κ2) is 13.9. The third-order valence-electron chi connectivity index (χ3n) is 6.74. The van der Waals surface area contributed by atoms with Crippen molar-refractivity contribution in [2.45, 2.75) is 117 Å². The van der Waals surface area contributed by atoms with E-state index in [0.717, 1.165) is 25.7 Å². The molecule has 6 nitrogen and oxygen atoms in total. The summed E-state index contributed by atoms with van der Waals surface area (Å²) in [5, 5.41) is 21.3. The molecule has 0 aromatic rings. The molecule has 4 atom stereocenters. The lowest BCUT2D eigenvalue weighted by Crippen LogP contribution is -2.59. The van der Waals surface area contributed by atoms with Gasteiger partial charge in [-0.1, -0.05) is 53.4 Å². The highest BCUT2D eigenvalue weighted by Gasteiger charge is 2.43. The number of Topliss-reactive ketones (excluding diaryl/α,β-unsaturated/α-hetero) is 2. The zero-order chi connectivity index (χ0) is 25.2. The summed E-state index contributed by atoms with van der Waals surface area (Å²) in [4.78, 5) is 29.1. The van der Waals surface area contributed by atoms with E-state index in [2.05, 4.69) is 0 Å². The number of ketones is 2. The fraction of sp³-hybridized carbons (Fsp3) is 0.913. The van der Waals surface area contributed by atoms with E-state index in [1.54, 1.807) is 6.92 Å². The number of hydrogen-bond acceptors (Lipinski definition) is 6. The van der Waals surface area contributed by atoms with E-state index in [-0.39, 0.29) is 24.7 Å². The van der Waals surface area contributed by atoms with Gasteiger partial charge in [-0.25, -0.2) is 0 Å². The SMILES string of the molecule is [B][B]N(CC(=O)C(CC)C(C)(CCC)N([B])CC(=O)C(C)(O)CCCC)C(C)(O)CCC. The molecule has 0 spiro atoms. The van der Waals surface area contributed by atoms with E-state index in [9.17, 15) is 19.8 Å². The van der Waals surface area contributed by atoms with Crippen LogP contribution in [-0.4, -0.2) is 84.4 Å². The molecule has 0 bridgehead atoms. The van der Waals surface area contributed by atoms with Crippen LogP contribution in [0.15, 0.2) is 0 Å². The molecule has 4 unspecified atom stereocenters. The van der Waals surface area contributed by atoms with Crippen molar-refractivity contribution in [1.82, 2.24) is 9.62 Å². The summed E-state index contributed by atoms with van der Waals surface area (Å²) in [7, 11) is 13.4. The first-order chi connectivity index (χ1) is 14.8. The molecule has 32 heavy (non-hydrogen) atoms. The maximum absolute atomic E-state index is 13.4. The van der Waals surface area contributed by atoms with Gasteiger partial charge in [-0.05, 0) is 46.5 Å². The monoisotopic (exact) mass is 445 g/mol. The molecular formula is C23H44B3N2O4. The van der Waals surface area contributed by atoms with Crippen LogP contribution in [0.4, 0.5) is 0 Å². The molecule has 0 amide bonds. The van der Waals surface area contributed by atoms with Crippen LogP contribution in [0.5, 0.6) is 0 Å². The summed E-state index contributed by atoms with van der Waals surface area (Å²) < 4.78 is 0. The maximum atomic E-state index is 13.4. The predicted octanol–water partition coefficient (Wildman–Crippen LogP) is 2.55. The highest BCUT2D eigenvalue weighted by molar-refractivity contribution is 6.87. The zero-order valence-corrected chi connectivity index (χ0v) is 21.5. The second-order valence-electron chi connectivity index (χ2n) is 9.71. The van der Waals surface area contributed by atoms with Crippen LogP contribution in [0.1, 0.15) is 99.8 Å². The summed E-state index contributed by atoms with van der Waals surface area (Å²) >= 11 is 0. The van der Waals surface area contributed by atoms with Crippen LogP contribution in [0.2, 0.25) is 0 Å². The quantitative estimate of drug-likeness (QED) is 0.250. The van der Waals surface area contributed by atoms with Gasteiger partial charge in [-0.2, -0.15) is 0 Å².